The second-order valence-electron chi connectivity index (χ2n) is 15.3. The molecule has 1 aromatic rings. The molecule has 5 rings (SSSR count). The minimum absolute atomic E-state index is 0.0364. The van der Waals surface area contributed by atoms with E-state index in [1.54, 1.807) is 6.26 Å². The first-order valence-corrected chi connectivity index (χ1v) is 18.6. The molecule has 5 nitrogen and oxygen atoms in total. The maximum absolute atomic E-state index is 11.4. The Morgan fingerprint density at radius 2 is 1.79 bits per heavy atom. The zero-order valence-corrected chi connectivity index (χ0v) is 26.7. The lowest BCUT2D eigenvalue weighted by atomic mass is 9.44. The third kappa shape index (κ3) is 4.93. The molecule has 1 aromatic heterocycles. The van der Waals surface area contributed by atoms with Crippen molar-refractivity contribution in [1.82, 2.24) is 0 Å². The molecule has 8 atom stereocenters. The van der Waals surface area contributed by atoms with Crippen molar-refractivity contribution in [1.29, 1.82) is 0 Å². The van der Waals surface area contributed by atoms with Crippen LogP contribution in [-0.4, -0.2) is 40.5 Å². The number of hydrogen-bond donors (Lipinski definition) is 0. The Hall–Kier alpha value is -0.953. The first-order chi connectivity index (χ1) is 18.4. The number of rotatable bonds is 9. The van der Waals surface area contributed by atoms with Gasteiger partial charge >= 0.3 is 0 Å². The van der Waals surface area contributed by atoms with E-state index >= 15 is 0 Å². The SMILES string of the molecule is CC(C)(C)[Si](C)(C)OCCOC1CC[C@@]2(C)C(CC[C@@H]3[C@H]2CC[C@@]2(C)[C@H]3CCC2(OCC=O)c2ccoc2)C1. The summed E-state index contributed by atoms with van der Waals surface area (Å²) in [6, 6.07) is 2.07. The van der Waals surface area contributed by atoms with Gasteiger partial charge < -0.3 is 23.1 Å². The molecular weight excluding hydrogens is 504 g/mol. The van der Waals surface area contributed by atoms with Crippen molar-refractivity contribution in [2.24, 2.45) is 34.5 Å². The third-order valence-electron chi connectivity index (χ3n) is 12.8. The second kappa shape index (κ2) is 10.7. The van der Waals surface area contributed by atoms with Crippen molar-refractivity contribution in [3.05, 3.63) is 24.2 Å². The number of carbonyl (C=O) groups is 1. The van der Waals surface area contributed by atoms with E-state index in [-0.39, 0.29) is 17.1 Å². The summed E-state index contributed by atoms with van der Waals surface area (Å²) in [5.74, 6) is 2.92. The molecule has 220 valence electrons. The van der Waals surface area contributed by atoms with Crippen LogP contribution >= 0.6 is 0 Å². The van der Waals surface area contributed by atoms with Gasteiger partial charge in [0.2, 0.25) is 0 Å². The highest BCUT2D eigenvalue weighted by atomic mass is 28.4. The van der Waals surface area contributed by atoms with Gasteiger partial charge in [-0.3, -0.25) is 0 Å². The van der Waals surface area contributed by atoms with Crippen molar-refractivity contribution >= 4 is 14.6 Å². The summed E-state index contributed by atoms with van der Waals surface area (Å²) in [5, 5.41) is 0.243. The molecule has 4 aliphatic rings. The van der Waals surface area contributed by atoms with E-state index in [0.29, 0.717) is 17.4 Å². The molecule has 3 unspecified atom stereocenters. The van der Waals surface area contributed by atoms with E-state index in [2.05, 4.69) is 53.8 Å². The van der Waals surface area contributed by atoms with Gasteiger partial charge in [0.05, 0.1) is 31.8 Å². The second-order valence-corrected chi connectivity index (χ2v) is 20.2. The van der Waals surface area contributed by atoms with Crippen LogP contribution in [0.1, 0.15) is 98.0 Å². The average Bonchev–Trinajstić information content (AvgIpc) is 3.51. The Bertz CT molecular complexity index is 985. The van der Waals surface area contributed by atoms with Crippen LogP contribution in [0, 0.1) is 34.5 Å². The number of hydrogen-bond acceptors (Lipinski definition) is 5. The lowest BCUT2D eigenvalue weighted by molar-refractivity contribution is -0.183. The summed E-state index contributed by atoms with van der Waals surface area (Å²) in [6.07, 6.45) is 15.8. The summed E-state index contributed by atoms with van der Waals surface area (Å²) >= 11 is 0. The van der Waals surface area contributed by atoms with Crippen LogP contribution in [0.5, 0.6) is 0 Å². The Kier molecular flexibility index (Phi) is 8.11. The first kappa shape index (κ1) is 29.5. The summed E-state index contributed by atoms with van der Waals surface area (Å²) in [6.45, 7) is 18.2. The highest BCUT2D eigenvalue weighted by Gasteiger charge is 2.66. The van der Waals surface area contributed by atoms with Gasteiger partial charge in [0.1, 0.15) is 18.5 Å². The van der Waals surface area contributed by atoms with Crippen molar-refractivity contribution in [3.8, 4) is 0 Å². The lowest BCUT2D eigenvalue weighted by Gasteiger charge is -2.62. The van der Waals surface area contributed by atoms with Crippen molar-refractivity contribution in [2.45, 2.75) is 122 Å². The number of furan rings is 1. The molecular formula is C33H54O5Si. The number of carbonyl (C=O) groups excluding carboxylic acids is 1. The van der Waals surface area contributed by atoms with Gasteiger partial charge in [0.15, 0.2) is 8.32 Å². The fourth-order valence-corrected chi connectivity index (χ4v) is 10.6. The predicted molar refractivity (Wildman–Crippen MR) is 157 cm³/mol. The minimum Gasteiger partial charge on any atom is -0.472 e. The van der Waals surface area contributed by atoms with Crippen LogP contribution in [-0.2, 0) is 24.3 Å². The maximum Gasteiger partial charge on any atom is 0.192 e. The van der Waals surface area contributed by atoms with Gasteiger partial charge in [-0.05, 0) is 111 Å². The van der Waals surface area contributed by atoms with E-state index in [1.165, 1.54) is 44.9 Å². The number of ether oxygens (including phenoxy) is 2. The standard InChI is InChI=1S/C33H54O5Si/c1-30(2,3)39(6,7)38-21-20-36-26-10-14-31(4)24(22-26)8-9-27-28(31)11-15-32(5)29(27)12-16-33(32,37-19-17-34)25-13-18-35-23-25/h13,17-18,23-24,26-29H,8-12,14-16,19-22H2,1-7H3/t24?,26?,27-,28-,29+,31+,32+,33?/m1/s1. The smallest absolute Gasteiger partial charge is 0.192 e. The molecule has 4 saturated carbocycles. The van der Waals surface area contributed by atoms with E-state index in [0.717, 1.165) is 55.7 Å². The lowest BCUT2D eigenvalue weighted by Crippen LogP contribution is -2.56. The Morgan fingerprint density at radius 1 is 1.03 bits per heavy atom. The zero-order valence-electron chi connectivity index (χ0n) is 25.7. The van der Waals surface area contributed by atoms with Crippen LogP contribution in [0.25, 0.3) is 0 Å². The van der Waals surface area contributed by atoms with Crippen molar-refractivity contribution in [3.63, 3.8) is 0 Å². The Labute approximate surface area is 238 Å². The monoisotopic (exact) mass is 558 g/mol. The Morgan fingerprint density at radius 3 is 2.49 bits per heavy atom. The molecule has 0 amide bonds. The summed E-state index contributed by atoms with van der Waals surface area (Å²) < 4.78 is 24.9. The molecule has 1 heterocycles. The van der Waals surface area contributed by atoms with Crippen LogP contribution in [0.4, 0.5) is 0 Å². The zero-order chi connectivity index (χ0) is 28.1. The quantitative estimate of drug-likeness (QED) is 0.174. The largest absolute Gasteiger partial charge is 0.472 e. The third-order valence-corrected chi connectivity index (χ3v) is 17.4. The molecule has 0 N–H and O–H groups in total. The molecule has 4 fully saturated rings. The topological polar surface area (TPSA) is 57.9 Å². The van der Waals surface area contributed by atoms with E-state index in [1.807, 2.05) is 6.26 Å². The first-order valence-electron chi connectivity index (χ1n) is 15.7. The number of aldehydes is 1. The van der Waals surface area contributed by atoms with Gasteiger partial charge in [-0.1, -0.05) is 34.6 Å². The van der Waals surface area contributed by atoms with Crippen LogP contribution in [0.15, 0.2) is 23.0 Å². The van der Waals surface area contributed by atoms with Crippen molar-refractivity contribution in [2.75, 3.05) is 19.8 Å². The summed E-state index contributed by atoms with van der Waals surface area (Å²) in [5.41, 5.74) is 1.16. The molecule has 0 bridgehead atoms. The summed E-state index contributed by atoms with van der Waals surface area (Å²) in [4.78, 5) is 11.4. The van der Waals surface area contributed by atoms with Gasteiger partial charge in [-0.2, -0.15) is 0 Å². The van der Waals surface area contributed by atoms with Crippen LogP contribution in [0.2, 0.25) is 18.1 Å². The fraction of sp³-hybridized carbons (Fsp3) is 0.848. The maximum atomic E-state index is 11.4. The highest BCUT2D eigenvalue weighted by molar-refractivity contribution is 6.74. The van der Waals surface area contributed by atoms with Crippen LogP contribution < -0.4 is 0 Å². The number of fused-ring (bicyclic) bond motifs is 5. The Balaban J connectivity index is 1.23. The molecule has 0 aliphatic heterocycles. The molecule has 4 aliphatic carbocycles. The van der Waals surface area contributed by atoms with Gasteiger partial charge in [-0.25, -0.2) is 0 Å². The molecule has 6 heteroatoms. The molecule has 0 aromatic carbocycles. The van der Waals surface area contributed by atoms with E-state index in [9.17, 15) is 4.79 Å². The summed E-state index contributed by atoms with van der Waals surface area (Å²) in [7, 11) is -1.72. The molecule has 0 spiro atoms. The van der Waals surface area contributed by atoms with E-state index in [4.69, 9.17) is 18.3 Å². The van der Waals surface area contributed by atoms with Crippen molar-refractivity contribution < 1.29 is 23.1 Å². The minimum atomic E-state index is -1.72. The van der Waals surface area contributed by atoms with Gasteiger partial charge in [0, 0.05) is 11.0 Å². The molecule has 0 radical (unpaired) electrons. The fourth-order valence-electron chi connectivity index (χ4n) is 9.56. The van der Waals surface area contributed by atoms with Crippen LogP contribution in [0.3, 0.4) is 0 Å². The predicted octanol–water partition coefficient (Wildman–Crippen LogP) is 8.14. The molecule has 39 heavy (non-hydrogen) atoms. The van der Waals surface area contributed by atoms with Gasteiger partial charge in [0.25, 0.3) is 0 Å². The molecule has 0 saturated heterocycles. The normalized spacial score (nSPS) is 40.5. The van der Waals surface area contributed by atoms with Gasteiger partial charge in [-0.15, -0.1) is 0 Å². The highest BCUT2D eigenvalue weighted by Crippen LogP contribution is 2.71. The average molecular weight is 559 g/mol. The van der Waals surface area contributed by atoms with E-state index < -0.39 is 13.9 Å².